The highest BCUT2D eigenvalue weighted by molar-refractivity contribution is 7.89. The first-order valence-electron chi connectivity index (χ1n) is 5.89. The standard InChI is InChI=1S/C12H15Cl2NO5S/c1-6(2)11(12(16)17)15-21(18,19)8-5-4-7(20-3)9(13)10(8)14/h4-6,11,15H,1-3H3,(H,16,17). The Balaban J connectivity index is 3.26. The number of nitrogens with one attached hydrogen (secondary N) is 1. The number of halogens is 2. The molecule has 0 fully saturated rings. The van der Waals surface area contributed by atoms with Gasteiger partial charge in [0.15, 0.2) is 0 Å². The summed E-state index contributed by atoms with van der Waals surface area (Å²) in [6.07, 6.45) is 0. The molecule has 0 amide bonds. The summed E-state index contributed by atoms with van der Waals surface area (Å²) in [6, 6.07) is 1.27. The third-order valence-corrected chi connectivity index (χ3v) is 5.20. The van der Waals surface area contributed by atoms with E-state index < -0.39 is 28.0 Å². The normalized spacial score (nSPS) is 13.2. The second kappa shape index (κ2) is 6.83. The fourth-order valence-electron chi connectivity index (χ4n) is 1.58. The maximum Gasteiger partial charge on any atom is 0.322 e. The number of benzene rings is 1. The van der Waals surface area contributed by atoms with E-state index in [0.717, 1.165) is 0 Å². The highest BCUT2D eigenvalue weighted by Gasteiger charge is 2.30. The molecule has 1 aromatic rings. The molecule has 118 valence electrons. The SMILES string of the molecule is COc1ccc(S(=O)(=O)NC(C(=O)O)C(C)C)c(Cl)c1Cl. The van der Waals surface area contributed by atoms with E-state index in [2.05, 4.69) is 4.72 Å². The lowest BCUT2D eigenvalue weighted by Gasteiger charge is -2.19. The zero-order valence-electron chi connectivity index (χ0n) is 11.6. The summed E-state index contributed by atoms with van der Waals surface area (Å²) in [5.41, 5.74) is 0. The van der Waals surface area contributed by atoms with Crippen LogP contribution in [0.25, 0.3) is 0 Å². The van der Waals surface area contributed by atoms with Gasteiger partial charge < -0.3 is 9.84 Å². The summed E-state index contributed by atoms with van der Waals surface area (Å²) in [7, 11) is -2.77. The van der Waals surface area contributed by atoms with Gasteiger partial charge >= 0.3 is 5.97 Å². The second-order valence-corrected chi connectivity index (χ2v) is 7.01. The quantitative estimate of drug-likeness (QED) is 0.817. The molecule has 21 heavy (non-hydrogen) atoms. The molecular formula is C12H15Cl2NO5S. The van der Waals surface area contributed by atoms with Gasteiger partial charge in [0.1, 0.15) is 21.7 Å². The molecule has 0 saturated carbocycles. The van der Waals surface area contributed by atoms with E-state index in [9.17, 15) is 13.2 Å². The molecule has 0 aliphatic heterocycles. The van der Waals surface area contributed by atoms with E-state index in [1.165, 1.54) is 19.2 Å². The van der Waals surface area contributed by atoms with E-state index in [0.29, 0.717) is 0 Å². The number of carbonyl (C=O) groups is 1. The molecule has 2 N–H and O–H groups in total. The van der Waals surface area contributed by atoms with Crippen molar-refractivity contribution in [1.82, 2.24) is 4.72 Å². The Bertz CT molecular complexity index is 645. The van der Waals surface area contributed by atoms with Crippen LogP contribution in [0, 0.1) is 5.92 Å². The fourth-order valence-corrected chi connectivity index (χ4v) is 3.76. The molecule has 0 heterocycles. The topological polar surface area (TPSA) is 92.7 Å². The van der Waals surface area contributed by atoms with Crippen LogP contribution in [-0.4, -0.2) is 32.6 Å². The van der Waals surface area contributed by atoms with Crippen molar-refractivity contribution in [3.63, 3.8) is 0 Å². The summed E-state index contributed by atoms with van der Waals surface area (Å²) >= 11 is 11.8. The van der Waals surface area contributed by atoms with E-state index in [1.54, 1.807) is 13.8 Å². The van der Waals surface area contributed by atoms with Gasteiger partial charge in [-0.1, -0.05) is 37.0 Å². The van der Waals surface area contributed by atoms with E-state index in [-0.39, 0.29) is 20.7 Å². The molecule has 1 atom stereocenters. The molecule has 0 aliphatic rings. The van der Waals surface area contributed by atoms with Gasteiger partial charge in [-0.05, 0) is 18.1 Å². The minimum absolute atomic E-state index is 0.0570. The molecule has 1 unspecified atom stereocenters. The number of aliphatic carboxylic acids is 1. The van der Waals surface area contributed by atoms with Crippen molar-refractivity contribution in [2.75, 3.05) is 7.11 Å². The van der Waals surface area contributed by atoms with E-state index in [1.807, 2.05) is 0 Å². The monoisotopic (exact) mass is 355 g/mol. The first kappa shape index (κ1) is 18.0. The Labute approximate surface area is 133 Å². The highest BCUT2D eigenvalue weighted by Crippen LogP contribution is 2.36. The van der Waals surface area contributed by atoms with E-state index in [4.69, 9.17) is 33.0 Å². The molecule has 1 rings (SSSR count). The van der Waals surface area contributed by atoms with Crippen LogP contribution in [0.2, 0.25) is 10.0 Å². The lowest BCUT2D eigenvalue weighted by Crippen LogP contribution is -2.44. The van der Waals surface area contributed by atoms with Crippen molar-refractivity contribution in [3.05, 3.63) is 22.2 Å². The number of methoxy groups -OCH3 is 1. The Kier molecular flexibility index (Phi) is 5.86. The van der Waals surface area contributed by atoms with Crippen LogP contribution in [0.3, 0.4) is 0 Å². The Hall–Kier alpha value is -1.02. The molecule has 0 bridgehead atoms. The largest absolute Gasteiger partial charge is 0.495 e. The van der Waals surface area contributed by atoms with Crippen LogP contribution in [-0.2, 0) is 14.8 Å². The van der Waals surface area contributed by atoms with Crippen molar-refractivity contribution >= 4 is 39.2 Å². The van der Waals surface area contributed by atoms with Crippen molar-refractivity contribution in [3.8, 4) is 5.75 Å². The van der Waals surface area contributed by atoms with Crippen LogP contribution in [0.15, 0.2) is 17.0 Å². The summed E-state index contributed by atoms with van der Waals surface area (Å²) in [5, 5.41) is 8.77. The molecule has 0 aromatic heterocycles. The molecule has 0 radical (unpaired) electrons. The van der Waals surface area contributed by atoms with Crippen LogP contribution in [0.5, 0.6) is 5.75 Å². The molecule has 9 heteroatoms. The van der Waals surface area contributed by atoms with Crippen molar-refractivity contribution in [2.45, 2.75) is 24.8 Å². The van der Waals surface area contributed by atoms with Gasteiger partial charge in [0.25, 0.3) is 0 Å². The van der Waals surface area contributed by atoms with Gasteiger partial charge in [-0.25, -0.2) is 8.42 Å². The molecule has 0 aliphatic carbocycles. The molecule has 0 saturated heterocycles. The summed E-state index contributed by atoms with van der Waals surface area (Å²) < 4.78 is 31.6. The lowest BCUT2D eigenvalue weighted by molar-refractivity contribution is -0.140. The summed E-state index contributed by atoms with van der Waals surface area (Å²) in [6.45, 7) is 3.17. The second-order valence-electron chi connectivity index (χ2n) is 4.58. The molecule has 1 aromatic carbocycles. The molecule has 6 nitrogen and oxygen atoms in total. The third kappa shape index (κ3) is 4.00. The number of rotatable bonds is 6. The average Bonchev–Trinajstić information content (AvgIpc) is 2.38. The zero-order valence-corrected chi connectivity index (χ0v) is 13.9. The van der Waals surface area contributed by atoms with E-state index >= 15 is 0 Å². The fraction of sp³-hybridized carbons (Fsp3) is 0.417. The van der Waals surface area contributed by atoms with Crippen molar-refractivity contribution in [2.24, 2.45) is 5.92 Å². The van der Waals surface area contributed by atoms with Crippen LogP contribution in [0.4, 0.5) is 0 Å². The van der Waals surface area contributed by atoms with Gasteiger partial charge in [0.2, 0.25) is 10.0 Å². The number of carboxylic acids is 1. The maximum atomic E-state index is 12.3. The van der Waals surface area contributed by atoms with Crippen LogP contribution in [0.1, 0.15) is 13.8 Å². The van der Waals surface area contributed by atoms with Crippen molar-refractivity contribution < 1.29 is 23.1 Å². The first-order chi connectivity index (χ1) is 9.61. The van der Waals surface area contributed by atoms with Gasteiger partial charge in [-0.15, -0.1) is 0 Å². The minimum Gasteiger partial charge on any atom is -0.495 e. The minimum atomic E-state index is -4.13. The number of hydrogen-bond donors (Lipinski definition) is 2. The Morgan fingerprint density at radius 3 is 2.29 bits per heavy atom. The highest BCUT2D eigenvalue weighted by atomic mass is 35.5. The number of carboxylic acid groups (broad SMARTS) is 1. The summed E-state index contributed by atoms with van der Waals surface area (Å²) in [5.74, 6) is -1.49. The maximum absolute atomic E-state index is 12.3. The predicted octanol–water partition coefficient (Wildman–Crippen LogP) is 2.39. The predicted molar refractivity (Wildman–Crippen MR) is 79.6 cm³/mol. The van der Waals surface area contributed by atoms with Crippen LogP contribution >= 0.6 is 23.2 Å². The lowest BCUT2D eigenvalue weighted by atomic mass is 10.1. The van der Waals surface area contributed by atoms with Gasteiger partial charge in [-0.2, -0.15) is 4.72 Å². The smallest absolute Gasteiger partial charge is 0.322 e. The first-order valence-corrected chi connectivity index (χ1v) is 8.12. The number of ether oxygens (including phenoxy) is 1. The molecule has 0 spiro atoms. The van der Waals surface area contributed by atoms with Crippen LogP contribution < -0.4 is 9.46 Å². The Morgan fingerprint density at radius 1 is 1.29 bits per heavy atom. The van der Waals surface area contributed by atoms with Gasteiger partial charge in [-0.3, -0.25) is 4.79 Å². The summed E-state index contributed by atoms with van der Waals surface area (Å²) in [4.78, 5) is 10.8. The third-order valence-electron chi connectivity index (χ3n) is 2.74. The zero-order chi connectivity index (χ0) is 16.4. The average molecular weight is 356 g/mol. The van der Waals surface area contributed by atoms with Gasteiger partial charge in [0.05, 0.1) is 12.1 Å². The molecular weight excluding hydrogens is 341 g/mol. The van der Waals surface area contributed by atoms with Crippen molar-refractivity contribution in [1.29, 1.82) is 0 Å². The number of hydrogen-bond acceptors (Lipinski definition) is 4. The number of sulfonamides is 1. The van der Waals surface area contributed by atoms with Gasteiger partial charge in [0, 0.05) is 0 Å². The Morgan fingerprint density at radius 2 is 1.86 bits per heavy atom.